The molecule has 2 aromatic heterocycles. The predicted molar refractivity (Wildman–Crippen MR) is 314 cm³/mol. The number of fused-ring (bicyclic) bond motifs is 2. The van der Waals surface area contributed by atoms with Gasteiger partial charge in [0.15, 0.2) is 5.69 Å². The Hall–Kier alpha value is -7.32. The number of nitrogens with zero attached hydrogens (tertiary/aromatic N) is 5. The van der Waals surface area contributed by atoms with E-state index >= 15 is 0 Å². The molecule has 0 atom stereocenters. The number of aromatic nitrogens is 4. The summed E-state index contributed by atoms with van der Waals surface area (Å²) in [5.41, 5.74) is 18.4. The molecule has 2 heterocycles. The first kappa shape index (κ1) is 53.5. The standard InChI is InChI=1S/C69H68N5O.Pt/c1-42(2)53-37-46(44-24-17-15-18-25-44)38-54(43(3)4)63(53)74-61-31-23-28-52(62(61)72-66(74)56-40-51(70-14)41-57(64(56)75)69(11,12)13)47-34-48(36-50(35-47)68(8,9)10)65-71-58-29-21-22-30-60(58)73(65)59-33-32-49(67(5,6)7)39-55(59)45-26-19-16-20-27-45;/h15-33,35-43,75H,1-13H3;/q-1;. The number of hydrogen-bond donors (Lipinski definition) is 1. The molecule has 386 valence electrons. The number of para-hydroxylation sites is 3. The minimum atomic E-state index is -0.462. The van der Waals surface area contributed by atoms with Crippen LogP contribution < -0.4 is 0 Å². The third kappa shape index (κ3) is 9.87. The molecule has 8 aromatic carbocycles. The maximum Gasteiger partial charge on any atom is 0.188 e. The summed E-state index contributed by atoms with van der Waals surface area (Å²) in [4.78, 5) is 15.2. The Balaban J connectivity index is 0.00000706. The van der Waals surface area contributed by atoms with Crippen LogP contribution in [0, 0.1) is 12.6 Å². The van der Waals surface area contributed by atoms with Crippen molar-refractivity contribution in [3.63, 3.8) is 0 Å². The van der Waals surface area contributed by atoms with Crippen LogP contribution >= 0.6 is 0 Å². The summed E-state index contributed by atoms with van der Waals surface area (Å²) in [7, 11) is 0. The van der Waals surface area contributed by atoms with Crippen molar-refractivity contribution < 1.29 is 26.2 Å². The zero-order valence-electron chi connectivity index (χ0n) is 46.2. The van der Waals surface area contributed by atoms with Crippen molar-refractivity contribution >= 4 is 27.8 Å². The van der Waals surface area contributed by atoms with Gasteiger partial charge in [0.05, 0.1) is 40.2 Å². The molecule has 0 radical (unpaired) electrons. The minimum absolute atomic E-state index is 0. The van der Waals surface area contributed by atoms with Gasteiger partial charge in [0.25, 0.3) is 0 Å². The van der Waals surface area contributed by atoms with E-state index in [1.54, 1.807) is 0 Å². The van der Waals surface area contributed by atoms with Crippen LogP contribution in [-0.4, -0.2) is 24.2 Å². The molecule has 0 aliphatic heterocycles. The molecule has 7 heteroatoms. The molecule has 0 fully saturated rings. The van der Waals surface area contributed by atoms with E-state index in [1.165, 1.54) is 5.56 Å². The average Bonchev–Trinajstić information content (AvgIpc) is 3.98. The molecule has 10 rings (SSSR count). The van der Waals surface area contributed by atoms with Crippen LogP contribution in [0.15, 0.2) is 158 Å². The first-order valence-electron chi connectivity index (χ1n) is 26.4. The molecule has 0 bridgehead atoms. The van der Waals surface area contributed by atoms with Crippen molar-refractivity contribution in [3.8, 4) is 73.3 Å². The quantitative estimate of drug-likeness (QED) is 0.147. The summed E-state index contributed by atoms with van der Waals surface area (Å²) in [5.74, 6) is 1.73. The summed E-state index contributed by atoms with van der Waals surface area (Å²) in [5, 5.41) is 12.6. The van der Waals surface area contributed by atoms with E-state index in [9.17, 15) is 5.11 Å². The Bertz CT molecular complexity index is 3820. The minimum Gasteiger partial charge on any atom is -0.507 e. The van der Waals surface area contributed by atoms with Gasteiger partial charge in [-0.05, 0) is 122 Å². The SMILES string of the molecule is [C-]#[N+]c1cc(-c2nc3c(-c4[c-]c(-c5nc6ccccc6n5-c5ccc(C(C)(C)C)cc5-c5ccccc5)cc(C(C)(C)C)c4)cccc3n2-c2c(C(C)C)cc(-c3ccccc3)cc2C(C)C)c(O)c(C(C)(C)C)c1.[Pt]. The van der Waals surface area contributed by atoms with Gasteiger partial charge >= 0.3 is 0 Å². The van der Waals surface area contributed by atoms with Crippen LogP contribution in [-0.2, 0) is 37.3 Å². The number of rotatable bonds is 9. The molecule has 0 amide bonds. The van der Waals surface area contributed by atoms with Crippen molar-refractivity contribution in [2.75, 3.05) is 0 Å². The molecule has 0 unspecified atom stereocenters. The van der Waals surface area contributed by atoms with Crippen LogP contribution in [0.2, 0.25) is 0 Å². The number of aromatic hydroxyl groups is 1. The fraction of sp³-hybridized carbons (Fsp3) is 0.261. The molecule has 76 heavy (non-hydrogen) atoms. The number of benzene rings is 8. The number of phenolic OH excluding ortho intramolecular Hbond substituents is 1. The maximum absolute atomic E-state index is 12.6. The first-order valence-corrected chi connectivity index (χ1v) is 26.4. The largest absolute Gasteiger partial charge is 0.507 e. The maximum atomic E-state index is 12.6. The molecule has 0 saturated heterocycles. The van der Waals surface area contributed by atoms with Gasteiger partial charge in [-0.2, -0.15) is 0 Å². The summed E-state index contributed by atoms with van der Waals surface area (Å²) >= 11 is 0. The Morgan fingerprint density at radius 3 is 1.71 bits per heavy atom. The number of imidazole rings is 2. The molecule has 1 N–H and O–H groups in total. The fourth-order valence-corrected chi connectivity index (χ4v) is 10.5. The van der Waals surface area contributed by atoms with E-state index in [0.29, 0.717) is 22.6 Å². The van der Waals surface area contributed by atoms with Gasteiger partial charge in [-0.25, -0.2) is 9.83 Å². The van der Waals surface area contributed by atoms with Crippen molar-refractivity contribution in [1.29, 1.82) is 0 Å². The number of phenols is 1. The monoisotopic (exact) mass is 1180 g/mol. The Morgan fingerprint density at radius 1 is 0.513 bits per heavy atom. The van der Waals surface area contributed by atoms with E-state index in [1.807, 2.05) is 12.1 Å². The van der Waals surface area contributed by atoms with Crippen LogP contribution in [0.4, 0.5) is 5.69 Å². The molecule has 10 aromatic rings. The zero-order chi connectivity index (χ0) is 53.3. The Labute approximate surface area is 464 Å². The molecular weight excluding hydrogens is 1110 g/mol. The normalized spacial score (nSPS) is 12.2. The van der Waals surface area contributed by atoms with Crippen molar-refractivity contribution in [2.24, 2.45) is 0 Å². The second-order valence-electron chi connectivity index (χ2n) is 23.9. The van der Waals surface area contributed by atoms with E-state index < -0.39 is 5.41 Å². The molecule has 6 nitrogen and oxygen atoms in total. The van der Waals surface area contributed by atoms with Crippen LogP contribution in [0.3, 0.4) is 0 Å². The average molecular weight is 1180 g/mol. The molecular formula is C69H68N5OPt-. The predicted octanol–water partition coefficient (Wildman–Crippen LogP) is 18.9. The second kappa shape index (κ2) is 20.3. The number of hydrogen-bond acceptors (Lipinski definition) is 3. The Kier molecular flexibility index (Phi) is 14.3. The van der Waals surface area contributed by atoms with E-state index in [2.05, 4.69) is 256 Å². The van der Waals surface area contributed by atoms with E-state index in [4.69, 9.17) is 16.5 Å². The van der Waals surface area contributed by atoms with Gasteiger partial charge in [-0.1, -0.05) is 192 Å². The van der Waals surface area contributed by atoms with Gasteiger partial charge in [-0.3, -0.25) is 9.55 Å². The fourth-order valence-electron chi connectivity index (χ4n) is 10.5. The first-order chi connectivity index (χ1) is 35.6. The van der Waals surface area contributed by atoms with Crippen LogP contribution in [0.25, 0.3) is 94.4 Å². The molecule has 0 aliphatic rings. The van der Waals surface area contributed by atoms with E-state index in [0.717, 1.165) is 94.9 Å². The van der Waals surface area contributed by atoms with Crippen molar-refractivity contribution in [1.82, 2.24) is 19.1 Å². The van der Waals surface area contributed by atoms with E-state index in [-0.39, 0.29) is 49.5 Å². The summed E-state index contributed by atoms with van der Waals surface area (Å²) in [6.07, 6.45) is 0. The summed E-state index contributed by atoms with van der Waals surface area (Å²) in [6.45, 7) is 37.1. The van der Waals surface area contributed by atoms with Gasteiger partial charge < -0.3 is 9.67 Å². The van der Waals surface area contributed by atoms with Gasteiger partial charge in [0.1, 0.15) is 11.6 Å². The molecule has 0 spiro atoms. The Morgan fingerprint density at radius 2 is 1.11 bits per heavy atom. The zero-order valence-corrected chi connectivity index (χ0v) is 48.4. The van der Waals surface area contributed by atoms with Crippen LogP contribution in [0.1, 0.15) is 130 Å². The topological polar surface area (TPSA) is 60.2 Å². The summed E-state index contributed by atoms with van der Waals surface area (Å²) < 4.78 is 4.59. The van der Waals surface area contributed by atoms with Crippen molar-refractivity contribution in [3.05, 3.63) is 203 Å². The third-order valence-corrected chi connectivity index (χ3v) is 14.7. The van der Waals surface area contributed by atoms with Gasteiger partial charge in [0, 0.05) is 37.9 Å². The smallest absolute Gasteiger partial charge is 0.188 e. The second-order valence-corrected chi connectivity index (χ2v) is 23.9. The van der Waals surface area contributed by atoms with Gasteiger partial charge in [0.2, 0.25) is 0 Å². The molecule has 0 aliphatic carbocycles. The third-order valence-electron chi connectivity index (χ3n) is 14.7. The van der Waals surface area contributed by atoms with Gasteiger partial charge in [-0.15, -0.1) is 29.3 Å². The summed E-state index contributed by atoms with van der Waals surface area (Å²) in [6, 6.07) is 59.7. The van der Waals surface area contributed by atoms with Crippen LogP contribution in [0.5, 0.6) is 5.75 Å². The van der Waals surface area contributed by atoms with Crippen molar-refractivity contribution in [2.45, 2.75) is 118 Å². The molecule has 0 saturated carbocycles.